The van der Waals surface area contributed by atoms with E-state index in [-0.39, 0.29) is 5.97 Å². The maximum atomic E-state index is 11.7. The lowest BCUT2D eigenvalue weighted by atomic mass is 10.1. The maximum Gasteiger partial charge on any atom is 0.328 e. The third-order valence-electron chi connectivity index (χ3n) is 3.06. The molecule has 0 bridgehead atoms. The first kappa shape index (κ1) is 17.4. The summed E-state index contributed by atoms with van der Waals surface area (Å²) in [5.41, 5.74) is -0.737. The molecule has 0 spiro atoms. The molecule has 0 amide bonds. The summed E-state index contributed by atoms with van der Waals surface area (Å²) in [6, 6.07) is 0. The van der Waals surface area contributed by atoms with Crippen LogP contribution in [0.1, 0.15) is 52.9 Å². The van der Waals surface area contributed by atoms with E-state index in [1.807, 2.05) is 13.8 Å². The van der Waals surface area contributed by atoms with Gasteiger partial charge < -0.3 is 14.8 Å². The van der Waals surface area contributed by atoms with Gasteiger partial charge in [0, 0.05) is 6.61 Å². The Morgan fingerprint density at radius 1 is 1.17 bits per heavy atom. The van der Waals surface area contributed by atoms with Gasteiger partial charge in [-0.15, -0.1) is 0 Å². The predicted molar refractivity (Wildman–Crippen MR) is 73.7 cm³/mol. The van der Waals surface area contributed by atoms with E-state index in [0.29, 0.717) is 19.8 Å². The standard InChI is InChI=1S/C14H29NO3/c1-5-7-8-9-10-11-17-12-14(3,15-4)13(16)18-6-2/h15H,5-12H2,1-4H3. The van der Waals surface area contributed by atoms with Crippen molar-refractivity contribution in [3.63, 3.8) is 0 Å². The second kappa shape index (κ2) is 10.3. The fraction of sp³-hybridized carbons (Fsp3) is 0.929. The molecule has 0 aliphatic rings. The molecule has 108 valence electrons. The van der Waals surface area contributed by atoms with Crippen LogP contribution in [-0.2, 0) is 14.3 Å². The molecule has 0 aliphatic carbocycles. The summed E-state index contributed by atoms with van der Waals surface area (Å²) >= 11 is 0. The molecule has 0 aromatic carbocycles. The van der Waals surface area contributed by atoms with Crippen LogP contribution < -0.4 is 5.32 Å². The monoisotopic (exact) mass is 259 g/mol. The summed E-state index contributed by atoms with van der Waals surface area (Å²) in [6.45, 7) is 7.28. The fourth-order valence-electron chi connectivity index (χ4n) is 1.61. The van der Waals surface area contributed by atoms with Gasteiger partial charge in [0.1, 0.15) is 5.54 Å². The highest BCUT2D eigenvalue weighted by atomic mass is 16.5. The highest BCUT2D eigenvalue weighted by Gasteiger charge is 2.33. The van der Waals surface area contributed by atoms with Crippen molar-refractivity contribution >= 4 is 5.97 Å². The second-order valence-electron chi connectivity index (χ2n) is 4.77. The zero-order valence-corrected chi connectivity index (χ0v) is 12.4. The summed E-state index contributed by atoms with van der Waals surface area (Å²) in [4.78, 5) is 11.7. The third kappa shape index (κ3) is 6.97. The number of hydrogen-bond acceptors (Lipinski definition) is 4. The molecule has 4 nitrogen and oxygen atoms in total. The van der Waals surface area contributed by atoms with Crippen LogP contribution in [0.25, 0.3) is 0 Å². The van der Waals surface area contributed by atoms with Gasteiger partial charge in [-0.3, -0.25) is 0 Å². The van der Waals surface area contributed by atoms with Crippen molar-refractivity contribution in [3.8, 4) is 0 Å². The molecule has 18 heavy (non-hydrogen) atoms. The number of nitrogens with one attached hydrogen (secondary N) is 1. The van der Waals surface area contributed by atoms with Gasteiger partial charge in [0.2, 0.25) is 0 Å². The fourth-order valence-corrected chi connectivity index (χ4v) is 1.61. The van der Waals surface area contributed by atoms with Crippen LogP contribution in [0.3, 0.4) is 0 Å². The molecule has 0 aromatic heterocycles. The normalized spacial score (nSPS) is 14.2. The van der Waals surface area contributed by atoms with Crippen LogP contribution in [-0.4, -0.2) is 38.4 Å². The highest BCUT2D eigenvalue weighted by Crippen LogP contribution is 2.08. The zero-order chi connectivity index (χ0) is 13.9. The molecule has 1 N–H and O–H groups in total. The van der Waals surface area contributed by atoms with E-state index in [4.69, 9.17) is 9.47 Å². The van der Waals surface area contributed by atoms with Crippen molar-refractivity contribution in [2.24, 2.45) is 0 Å². The SMILES string of the molecule is CCCCCCCOCC(C)(NC)C(=O)OCC. The van der Waals surface area contributed by atoms with Crippen molar-refractivity contribution in [1.82, 2.24) is 5.32 Å². The van der Waals surface area contributed by atoms with Gasteiger partial charge in [-0.25, -0.2) is 4.79 Å². The lowest BCUT2D eigenvalue weighted by Crippen LogP contribution is -2.52. The Labute approximate surface area is 111 Å². The maximum absolute atomic E-state index is 11.7. The Balaban J connectivity index is 3.76. The average Bonchev–Trinajstić information content (AvgIpc) is 2.37. The van der Waals surface area contributed by atoms with Crippen molar-refractivity contribution in [1.29, 1.82) is 0 Å². The van der Waals surface area contributed by atoms with Crippen LogP contribution in [0.15, 0.2) is 0 Å². The number of carbonyl (C=O) groups excluding carboxylic acids is 1. The lowest BCUT2D eigenvalue weighted by Gasteiger charge is -2.26. The third-order valence-corrected chi connectivity index (χ3v) is 3.06. The van der Waals surface area contributed by atoms with Crippen LogP contribution in [0, 0.1) is 0 Å². The van der Waals surface area contributed by atoms with Crippen LogP contribution in [0.4, 0.5) is 0 Å². The number of carbonyl (C=O) groups is 1. The Morgan fingerprint density at radius 3 is 2.39 bits per heavy atom. The molecule has 1 unspecified atom stereocenters. The number of likely N-dealkylation sites (N-methyl/N-ethyl adjacent to an activating group) is 1. The minimum Gasteiger partial charge on any atom is -0.465 e. The molecule has 0 radical (unpaired) electrons. The Morgan fingerprint density at radius 2 is 1.83 bits per heavy atom. The average molecular weight is 259 g/mol. The number of esters is 1. The van der Waals surface area contributed by atoms with E-state index < -0.39 is 5.54 Å². The topological polar surface area (TPSA) is 47.6 Å². The van der Waals surface area contributed by atoms with E-state index in [9.17, 15) is 4.79 Å². The second-order valence-corrected chi connectivity index (χ2v) is 4.77. The largest absolute Gasteiger partial charge is 0.465 e. The summed E-state index contributed by atoms with van der Waals surface area (Å²) in [5.74, 6) is -0.251. The van der Waals surface area contributed by atoms with Crippen molar-refractivity contribution in [2.45, 2.75) is 58.4 Å². The Hall–Kier alpha value is -0.610. The molecule has 0 aliphatic heterocycles. The summed E-state index contributed by atoms with van der Waals surface area (Å²) in [6.07, 6.45) is 6.06. The first-order valence-corrected chi connectivity index (χ1v) is 7.04. The first-order chi connectivity index (χ1) is 8.60. The van der Waals surface area contributed by atoms with Gasteiger partial charge in [0.05, 0.1) is 13.2 Å². The van der Waals surface area contributed by atoms with Crippen molar-refractivity contribution < 1.29 is 14.3 Å². The molecular weight excluding hydrogens is 230 g/mol. The number of hydrogen-bond donors (Lipinski definition) is 1. The number of ether oxygens (including phenoxy) is 2. The minimum atomic E-state index is -0.737. The predicted octanol–water partition coefficient (Wildman–Crippen LogP) is 2.51. The lowest BCUT2D eigenvalue weighted by molar-refractivity contribution is -0.153. The van der Waals surface area contributed by atoms with Crippen LogP contribution in [0.2, 0.25) is 0 Å². The molecule has 0 saturated heterocycles. The van der Waals surface area contributed by atoms with Crippen LogP contribution in [0.5, 0.6) is 0 Å². The van der Waals surface area contributed by atoms with E-state index >= 15 is 0 Å². The Bertz CT molecular complexity index is 221. The number of unbranched alkanes of at least 4 members (excludes halogenated alkanes) is 4. The highest BCUT2D eigenvalue weighted by molar-refractivity contribution is 5.80. The van der Waals surface area contributed by atoms with E-state index in [0.717, 1.165) is 6.42 Å². The molecular formula is C14H29NO3. The van der Waals surface area contributed by atoms with Gasteiger partial charge in [0.25, 0.3) is 0 Å². The first-order valence-electron chi connectivity index (χ1n) is 7.04. The quantitative estimate of drug-likeness (QED) is 0.457. The Kier molecular flexibility index (Phi) is 9.98. The van der Waals surface area contributed by atoms with Gasteiger partial charge in [-0.1, -0.05) is 32.6 Å². The van der Waals surface area contributed by atoms with Gasteiger partial charge in [-0.05, 0) is 27.3 Å². The molecule has 0 saturated carbocycles. The number of rotatable bonds is 11. The van der Waals surface area contributed by atoms with Crippen LogP contribution >= 0.6 is 0 Å². The molecule has 0 heterocycles. The van der Waals surface area contributed by atoms with Gasteiger partial charge in [-0.2, -0.15) is 0 Å². The smallest absolute Gasteiger partial charge is 0.328 e. The van der Waals surface area contributed by atoms with Gasteiger partial charge in [0.15, 0.2) is 0 Å². The molecule has 1 atom stereocenters. The minimum absolute atomic E-state index is 0.251. The van der Waals surface area contributed by atoms with E-state index in [2.05, 4.69) is 12.2 Å². The van der Waals surface area contributed by atoms with Crippen molar-refractivity contribution in [2.75, 3.05) is 26.9 Å². The molecule has 0 rings (SSSR count). The summed E-state index contributed by atoms with van der Waals surface area (Å²) in [5, 5.41) is 2.97. The molecule has 4 heteroatoms. The summed E-state index contributed by atoms with van der Waals surface area (Å²) in [7, 11) is 1.75. The van der Waals surface area contributed by atoms with E-state index in [1.165, 1.54) is 25.7 Å². The van der Waals surface area contributed by atoms with Gasteiger partial charge >= 0.3 is 5.97 Å². The van der Waals surface area contributed by atoms with Crippen molar-refractivity contribution in [3.05, 3.63) is 0 Å². The molecule has 0 fully saturated rings. The molecule has 0 aromatic rings. The zero-order valence-electron chi connectivity index (χ0n) is 12.4. The van der Waals surface area contributed by atoms with E-state index in [1.54, 1.807) is 7.05 Å². The summed E-state index contributed by atoms with van der Waals surface area (Å²) < 4.78 is 10.6.